The Balaban J connectivity index is 1.32. The van der Waals surface area contributed by atoms with Gasteiger partial charge in [0.05, 0.1) is 18.8 Å². The van der Waals surface area contributed by atoms with Crippen LogP contribution in [0.3, 0.4) is 0 Å². The summed E-state index contributed by atoms with van der Waals surface area (Å²) in [6.45, 7) is 3.23. The van der Waals surface area contributed by atoms with Crippen molar-refractivity contribution in [2.24, 2.45) is 0 Å². The van der Waals surface area contributed by atoms with Crippen LogP contribution in [0.2, 0.25) is 0 Å². The number of aromatic nitrogens is 1. The largest absolute Gasteiger partial charge is 0.462 e. The van der Waals surface area contributed by atoms with Gasteiger partial charge in [0, 0.05) is 32.9 Å². The van der Waals surface area contributed by atoms with Crippen molar-refractivity contribution in [3.8, 4) is 0 Å². The number of amides is 3. The van der Waals surface area contributed by atoms with Gasteiger partial charge in [0.2, 0.25) is 0 Å². The van der Waals surface area contributed by atoms with Gasteiger partial charge < -0.3 is 14.1 Å². The molecule has 4 heterocycles. The van der Waals surface area contributed by atoms with E-state index in [-0.39, 0.29) is 18.5 Å². The normalized spacial score (nSPS) is 17.9. The number of rotatable bonds is 9. The highest BCUT2D eigenvalue weighted by atomic mass is 16.5. The van der Waals surface area contributed by atoms with Crippen molar-refractivity contribution in [2.75, 3.05) is 26.7 Å². The zero-order valence-corrected chi connectivity index (χ0v) is 20.6. The Labute approximate surface area is 211 Å². The predicted octanol–water partition coefficient (Wildman–Crippen LogP) is 3.86. The number of methoxy groups -OCH3 is 1. The SMILES string of the molecule is COCc1ccc(CN2CCC3(CC2)C(=O)N(Cc2ccccn2)C(=O)N3CCc2ccccc2)o1. The summed E-state index contributed by atoms with van der Waals surface area (Å²) in [5.74, 6) is 1.57. The number of hydrogen-bond acceptors (Lipinski definition) is 6. The Bertz CT molecular complexity index is 1170. The number of ether oxygens (including phenoxy) is 1. The number of carbonyl (C=O) groups excluding carboxylic acids is 2. The van der Waals surface area contributed by atoms with Gasteiger partial charge in [0.15, 0.2) is 0 Å². The van der Waals surface area contributed by atoms with Crippen LogP contribution in [0, 0.1) is 0 Å². The second-order valence-electron chi connectivity index (χ2n) is 9.49. The maximum absolute atomic E-state index is 13.8. The third-order valence-corrected chi connectivity index (χ3v) is 7.20. The van der Waals surface area contributed by atoms with Gasteiger partial charge in [-0.05, 0) is 49.1 Å². The molecule has 3 amide bonds. The highest BCUT2D eigenvalue weighted by Gasteiger charge is 2.57. The first-order valence-electron chi connectivity index (χ1n) is 12.5. The minimum atomic E-state index is -0.818. The Morgan fingerprint density at radius 1 is 0.944 bits per heavy atom. The number of imide groups is 1. The van der Waals surface area contributed by atoms with E-state index in [1.54, 1.807) is 13.3 Å². The summed E-state index contributed by atoms with van der Waals surface area (Å²) in [6.07, 6.45) is 3.58. The van der Waals surface area contributed by atoms with Crippen LogP contribution in [-0.4, -0.2) is 63.9 Å². The van der Waals surface area contributed by atoms with Crippen LogP contribution in [0.25, 0.3) is 0 Å². The molecule has 5 rings (SSSR count). The van der Waals surface area contributed by atoms with E-state index in [0.29, 0.717) is 57.7 Å². The Morgan fingerprint density at radius 2 is 1.69 bits per heavy atom. The molecule has 1 aromatic carbocycles. The molecule has 2 fully saturated rings. The number of hydrogen-bond donors (Lipinski definition) is 0. The lowest BCUT2D eigenvalue weighted by Crippen LogP contribution is -2.56. The maximum atomic E-state index is 13.8. The smallest absolute Gasteiger partial charge is 0.328 e. The Hall–Kier alpha value is -3.49. The van der Waals surface area contributed by atoms with E-state index in [9.17, 15) is 9.59 Å². The topological polar surface area (TPSA) is 79.1 Å². The van der Waals surface area contributed by atoms with E-state index >= 15 is 0 Å². The molecule has 0 radical (unpaired) electrons. The lowest BCUT2D eigenvalue weighted by atomic mass is 9.85. The number of benzene rings is 1. The molecule has 0 aliphatic carbocycles. The van der Waals surface area contributed by atoms with Crippen LogP contribution in [0.15, 0.2) is 71.3 Å². The van der Waals surface area contributed by atoms with Crippen LogP contribution in [0.4, 0.5) is 4.79 Å². The minimum absolute atomic E-state index is 0.105. The number of piperidine rings is 1. The van der Waals surface area contributed by atoms with Gasteiger partial charge in [-0.25, -0.2) is 4.79 Å². The maximum Gasteiger partial charge on any atom is 0.328 e. The van der Waals surface area contributed by atoms with E-state index in [0.717, 1.165) is 17.1 Å². The molecule has 0 unspecified atom stereocenters. The molecule has 2 saturated heterocycles. The van der Waals surface area contributed by atoms with Crippen molar-refractivity contribution >= 4 is 11.9 Å². The van der Waals surface area contributed by atoms with Crippen LogP contribution >= 0.6 is 0 Å². The Morgan fingerprint density at radius 3 is 2.42 bits per heavy atom. The summed E-state index contributed by atoms with van der Waals surface area (Å²) in [4.78, 5) is 37.3. The molecule has 2 aliphatic rings. The second kappa shape index (κ2) is 10.6. The fourth-order valence-corrected chi connectivity index (χ4v) is 5.28. The monoisotopic (exact) mass is 488 g/mol. The molecule has 2 aliphatic heterocycles. The van der Waals surface area contributed by atoms with Gasteiger partial charge in [-0.1, -0.05) is 36.4 Å². The number of pyridine rings is 1. The molecular formula is C28H32N4O4. The number of carbonyl (C=O) groups is 2. The highest BCUT2D eigenvalue weighted by molar-refractivity contribution is 6.07. The van der Waals surface area contributed by atoms with Crippen LogP contribution in [0.1, 0.15) is 35.6 Å². The number of nitrogens with zero attached hydrogens (tertiary/aromatic N) is 4. The van der Waals surface area contributed by atoms with E-state index in [2.05, 4.69) is 22.0 Å². The first kappa shape index (κ1) is 24.2. The number of urea groups is 1. The third kappa shape index (κ3) is 4.92. The van der Waals surface area contributed by atoms with E-state index in [1.807, 2.05) is 53.4 Å². The molecule has 0 N–H and O–H groups in total. The molecule has 1 spiro atoms. The number of likely N-dealkylation sites (tertiary alicyclic amines) is 1. The van der Waals surface area contributed by atoms with E-state index in [4.69, 9.17) is 9.15 Å². The summed E-state index contributed by atoms with van der Waals surface area (Å²) in [6, 6.07) is 19.4. The summed E-state index contributed by atoms with van der Waals surface area (Å²) in [5.41, 5.74) is 1.04. The molecule has 8 nitrogen and oxygen atoms in total. The molecule has 2 aromatic heterocycles. The van der Waals surface area contributed by atoms with Crippen molar-refractivity contribution in [1.29, 1.82) is 0 Å². The zero-order valence-electron chi connectivity index (χ0n) is 20.6. The first-order chi connectivity index (χ1) is 17.6. The average Bonchev–Trinajstić information content (AvgIpc) is 3.42. The fraction of sp³-hybridized carbons (Fsp3) is 0.393. The zero-order chi connectivity index (χ0) is 25.0. The summed E-state index contributed by atoms with van der Waals surface area (Å²) in [7, 11) is 1.65. The lowest BCUT2D eigenvalue weighted by Gasteiger charge is -2.42. The molecule has 36 heavy (non-hydrogen) atoms. The quantitative estimate of drug-likeness (QED) is 0.426. The molecule has 0 saturated carbocycles. The van der Waals surface area contributed by atoms with Gasteiger partial charge in [-0.15, -0.1) is 0 Å². The fourth-order valence-electron chi connectivity index (χ4n) is 5.28. The van der Waals surface area contributed by atoms with Crippen molar-refractivity contribution < 1.29 is 18.7 Å². The second-order valence-corrected chi connectivity index (χ2v) is 9.49. The molecule has 0 bridgehead atoms. The highest BCUT2D eigenvalue weighted by Crippen LogP contribution is 2.38. The minimum Gasteiger partial charge on any atom is -0.462 e. The molecule has 8 heteroatoms. The van der Waals surface area contributed by atoms with Crippen molar-refractivity contribution in [3.63, 3.8) is 0 Å². The van der Waals surface area contributed by atoms with E-state index < -0.39 is 5.54 Å². The molecule has 0 atom stereocenters. The van der Waals surface area contributed by atoms with Gasteiger partial charge >= 0.3 is 6.03 Å². The van der Waals surface area contributed by atoms with Gasteiger partial charge in [-0.3, -0.25) is 19.6 Å². The molecule has 3 aromatic rings. The van der Waals surface area contributed by atoms with Crippen molar-refractivity contribution in [3.05, 3.63) is 89.6 Å². The Kier molecular flexibility index (Phi) is 7.16. The van der Waals surface area contributed by atoms with Crippen molar-refractivity contribution in [1.82, 2.24) is 19.7 Å². The summed E-state index contributed by atoms with van der Waals surface area (Å²) in [5, 5.41) is 0. The van der Waals surface area contributed by atoms with Crippen LogP contribution in [0.5, 0.6) is 0 Å². The van der Waals surface area contributed by atoms with Crippen LogP contribution in [-0.2, 0) is 35.6 Å². The molecular weight excluding hydrogens is 456 g/mol. The van der Waals surface area contributed by atoms with E-state index in [1.165, 1.54) is 4.90 Å². The number of furan rings is 1. The average molecular weight is 489 g/mol. The molecule has 188 valence electrons. The van der Waals surface area contributed by atoms with Gasteiger partial charge in [0.25, 0.3) is 5.91 Å². The van der Waals surface area contributed by atoms with Crippen molar-refractivity contribution in [2.45, 2.75) is 44.5 Å². The lowest BCUT2D eigenvalue weighted by molar-refractivity contribution is -0.136. The standard InChI is InChI=1S/C28H32N4O4/c1-35-21-25-11-10-24(36-25)20-30-17-13-28(14-18-30)26(33)31(19-23-9-5-6-15-29-23)27(34)32(28)16-12-22-7-3-2-4-8-22/h2-11,15H,12-14,16-21H2,1H3. The summed E-state index contributed by atoms with van der Waals surface area (Å²) >= 11 is 0. The van der Waals surface area contributed by atoms with Crippen LogP contribution < -0.4 is 0 Å². The van der Waals surface area contributed by atoms with Gasteiger partial charge in [-0.2, -0.15) is 0 Å². The first-order valence-corrected chi connectivity index (χ1v) is 12.5. The van der Waals surface area contributed by atoms with Gasteiger partial charge in [0.1, 0.15) is 23.7 Å². The third-order valence-electron chi connectivity index (χ3n) is 7.20. The predicted molar refractivity (Wildman–Crippen MR) is 134 cm³/mol. The summed E-state index contributed by atoms with van der Waals surface area (Å²) < 4.78 is 11.0.